The fourth-order valence-corrected chi connectivity index (χ4v) is 8.01. The van der Waals surface area contributed by atoms with Gasteiger partial charge in [-0.3, -0.25) is 0 Å². The van der Waals surface area contributed by atoms with Crippen molar-refractivity contribution in [3.05, 3.63) is 0 Å². The SMILES string of the molecule is CC[C@H]1CCC2C3CC[C@H]4C[C@@H](O)CC[C@]4(C)C3CC[C@@]21C. The maximum absolute atomic E-state index is 10.1. The number of fused-ring (bicyclic) bond motifs is 5. The summed E-state index contributed by atoms with van der Waals surface area (Å²) in [5.41, 5.74) is 1.21. The first kappa shape index (κ1) is 15.5. The van der Waals surface area contributed by atoms with Crippen molar-refractivity contribution in [1.29, 1.82) is 0 Å². The summed E-state index contributed by atoms with van der Waals surface area (Å²) in [4.78, 5) is 0. The standard InChI is InChI=1S/C21H36O/c1-4-14-6-8-18-17-7-5-15-13-16(22)9-11-21(15,3)19(17)10-12-20(14,18)2/h14-19,22H,4-13H2,1-3H3/t14-,15-,16-,17?,18?,19?,20+,21-/m0/s1. The topological polar surface area (TPSA) is 20.2 Å². The van der Waals surface area contributed by atoms with Crippen molar-refractivity contribution in [2.75, 3.05) is 0 Å². The van der Waals surface area contributed by atoms with E-state index in [1.54, 1.807) is 0 Å². The van der Waals surface area contributed by atoms with Gasteiger partial charge >= 0.3 is 0 Å². The molecule has 1 N–H and O–H groups in total. The molecule has 0 radical (unpaired) electrons. The second-order valence-corrected chi connectivity index (χ2v) is 9.81. The summed E-state index contributed by atoms with van der Waals surface area (Å²) < 4.78 is 0. The number of rotatable bonds is 1. The Bertz CT molecular complexity index is 432. The van der Waals surface area contributed by atoms with E-state index in [0.717, 1.165) is 42.4 Å². The predicted molar refractivity (Wildman–Crippen MR) is 91.5 cm³/mol. The van der Waals surface area contributed by atoms with Gasteiger partial charge < -0.3 is 5.11 Å². The van der Waals surface area contributed by atoms with Crippen molar-refractivity contribution in [2.45, 2.75) is 91.1 Å². The Balaban J connectivity index is 1.61. The maximum atomic E-state index is 10.1. The predicted octanol–water partition coefficient (Wildman–Crippen LogP) is 5.42. The van der Waals surface area contributed by atoms with Crippen LogP contribution in [0.2, 0.25) is 0 Å². The van der Waals surface area contributed by atoms with Crippen molar-refractivity contribution in [2.24, 2.45) is 40.4 Å². The van der Waals surface area contributed by atoms with Crippen LogP contribution in [0.3, 0.4) is 0 Å². The van der Waals surface area contributed by atoms with Gasteiger partial charge in [0, 0.05) is 0 Å². The highest BCUT2D eigenvalue weighted by molar-refractivity contribution is 5.08. The molecule has 0 aromatic carbocycles. The first-order chi connectivity index (χ1) is 10.5. The minimum atomic E-state index is -0.000524. The highest BCUT2D eigenvalue weighted by atomic mass is 16.3. The van der Waals surface area contributed by atoms with Crippen LogP contribution in [0.25, 0.3) is 0 Å². The Hall–Kier alpha value is -0.0400. The Labute approximate surface area is 137 Å². The summed E-state index contributed by atoms with van der Waals surface area (Å²) in [5, 5.41) is 10.1. The average Bonchev–Trinajstić information content (AvgIpc) is 2.84. The summed E-state index contributed by atoms with van der Waals surface area (Å²) in [5.74, 6) is 4.79. The largest absolute Gasteiger partial charge is 0.393 e. The Morgan fingerprint density at radius 3 is 2.36 bits per heavy atom. The van der Waals surface area contributed by atoms with Gasteiger partial charge in [0.05, 0.1) is 6.10 Å². The van der Waals surface area contributed by atoms with Crippen LogP contribution in [0.4, 0.5) is 0 Å². The highest BCUT2D eigenvalue weighted by Gasteiger charge is 2.59. The van der Waals surface area contributed by atoms with Crippen LogP contribution in [-0.2, 0) is 0 Å². The molecule has 4 aliphatic rings. The van der Waals surface area contributed by atoms with Crippen molar-refractivity contribution >= 4 is 0 Å². The molecule has 22 heavy (non-hydrogen) atoms. The van der Waals surface area contributed by atoms with Crippen LogP contribution in [0, 0.1) is 40.4 Å². The smallest absolute Gasteiger partial charge is 0.0543 e. The van der Waals surface area contributed by atoms with Crippen LogP contribution in [0.1, 0.15) is 85.0 Å². The molecule has 0 bridgehead atoms. The number of aliphatic hydroxyl groups excluding tert-OH is 1. The molecule has 1 heteroatoms. The van der Waals surface area contributed by atoms with E-state index in [9.17, 15) is 5.11 Å². The van der Waals surface area contributed by atoms with E-state index in [4.69, 9.17) is 0 Å². The molecule has 3 unspecified atom stereocenters. The van der Waals surface area contributed by atoms with E-state index in [-0.39, 0.29) is 6.10 Å². The summed E-state index contributed by atoms with van der Waals surface area (Å²) in [6.07, 6.45) is 13.7. The number of hydrogen-bond acceptors (Lipinski definition) is 1. The summed E-state index contributed by atoms with van der Waals surface area (Å²) in [7, 11) is 0. The molecule has 8 atom stereocenters. The third-order valence-electron chi connectivity index (χ3n) is 9.33. The molecule has 0 heterocycles. The van der Waals surface area contributed by atoms with Gasteiger partial charge in [0.1, 0.15) is 0 Å². The zero-order valence-corrected chi connectivity index (χ0v) is 15.0. The van der Waals surface area contributed by atoms with Crippen molar-refractivity contribution in [3.63, 3.8) is 0 Å². The first-order valence-corrected chi connectivity index (χ1v) is 10.2. The highest BCUT2D eigenvalue weighted by Crippen LogP contribution is 2.67. The van der Waals surface area contributed by atoms with Gasteiger partial charge in [0.2, 0.25) is 0 Å². The van der Waals surface area contributed by atoms with Gasteiger partial charge in [-0.25, -0.2) is 0 Å². The monoisotopic (exact) mass is 304 g/mol. The fourth-order valence-electron chi connectivity index (χ4n) is 8.01. The van der Waals surface area contributed by atoms with E-state index >= 15 is 0 Å². The van der Waals surface area contributed by atoms with Crippen molar-refractivity contribution in [3.8, 4) is 0 Å². The molecule has 0 spiro atoms. The molecule has 0 saturated heterocycles. The van der Waals surface area contributed by atoms with Crippen LogP contribution in [-0.4, -0.2) is 11.2 Å². The molecule has 4 rings (SSSR count). The molecule has 1 nitrogen and oxygen atoms in total. The lowest BCUT2D eigenvalue weighted by atomic mass is 9.44. The maximum Gasteiger partial charge on any atom is 0.0543 e. The van der Waals surface area contributed by atoms with E-state index < -0.39 is 0 Å². The quantitative estimate of drug-likeness (QED) is 0.686. The lowest BCUT2D eigenvalue weighted by molar-refractivity contribution is -0.126. The van der Waals surface area contributed by atoms with Crippen molar-refractivity contribution in [1.82, 2.24) is 0 Å². The lowest BCUT2D eigenvalue weighted by Gasteiger charge is -2.61. The Morgan fingerprint density at radius 2 is 1.59 bits per heavy atom. The summed E-state index contributed by atoms with van der Waals surface area (Å²) in [6.45, 7) is 7.68. The van der Waals surface area contributed by atoms with Crippen LogP contribution in [0.15, 0.2) is 0 Å². The second kappa shape index (κ2) is 5.23. The van der Waals surface area contributed by atoms with E-state index in [2.05, 4.69) is 20.8 Å². The third-order valence-corrected chi connectivity index (χ3v) is 9.33. The Kier molecular flexibility index (Phi) is 3.68. The van der Waals surface area contributed by atoms with Gasteiger partial charge in [0.15, 0.2) is 0 Å². The normalized spacial score (nSPS) is 57.8. The molecule has 4 aliphatic carbocycles. The van der Waals surface area contributed by atoms with Gasteiger partial charge in [-0.05, 0) is 98.2 Å². The Morgan fingerprint density at radius 1 is 0.864 bits per heavy atom. The van der Waals surface area contributed by atoms with Crippen LogP contribution < -0.4 is 0 Å². The van der Waals surface area contributed by atoms with Crippen molar-refractivity contribution < 1.29 is 5.11 Å². The van der Waals surface area contributed by atoms with Crippen LogP contribution in [0.5, 0.6) is 0 Å². The minimum Gasteiger partial charge on any atom is -0.393 e. The van der Waals surface area contributed by atoms with E-state index in [1.807, 2.05) is 0 Å². The van der Waals surface area contributed by atoms with E-state index in [0.29, 0.717) is 10.8 Å². The average molecular weight is 305 g/mol. The van der Waals surface area contributed by atoms with Gasteiger partial charge in [0.25, 0.3) is 0 Å². The van der Waals surface area contributed by atoms with Gasteiger partial charge in [-0.1, -0.05) is 27.2 Å². The molecular formula is C21H36O. The molecule has 4 saturated carbocycles. The molecule has 126 valence electrons. The first-order valence-electron chi connectivity index (χ1n) is 10.2. The summed E-state index contributed by atoms with van der Waals surface area (Å²) >= 11 is 0. The molecular weight excluding hydrogens is 268 g/mol. The summed E-state index contributed by atoms with van der Waals surface area (Å²) in [6, 6.07) is 0. The molecule has 0 aliphatic heterocycles. The molecule has 0 amide bonds. The lowest BCUT2D eigenvalue weighted by Crippen LogP contribution is -2.53. The fraction of sp³-hybridized carbons (Fsp3) is 1.00. The van der Waals surface area contributed by atoms with Gasteiger partial charge in [-0.2, -0.15) is 0 Å². The molecule has 0 aromatic rings. The third kappa shape index (κ3) is 2.00. The van der Waals surface area contributed by atoms with Gasteiger partial charge in [-0.15, -0.1) is 0 Å². The van der Waals surface area contributed by atoms with E-state index in [1.165, 1.54) is 51.4 Å². The zero-order valence-electron chi connectivity index (χ0n) is 15.0. The van der Waals surface area contributed by atoms with Crippen LogP contribution >= 0.6 is 0 Å². The minimum absolute atomic E-state index is 0.000524. The number of hydrogen-bond donors (Lipinski definition) is 1. The molecule has 4 fully saturated rings. The zero-order chi connectivity index (χ0) is 15.5. The second-order valence-electron chi connectivity index (χ2n) is 9.81. The number of aliphatic hydroxyl groups is 1. The molecule has 0 aromatic heterocycles.